The Morgan fingerprint density at radius 1 is 1.22 bits per heavy atom. The van der Waals surface area contributed by atoms with Crippen molar-refractivity contribution in [3.63, 3.8) is 0 Å². The fraction of sp³-hybridized carbons (Fsp3) is 0.294. The number of carbonyl (C=O) groups is 1. The molecule has 1 heterocycles. The highest BCUT2D eigenvalue weighted by Crippen LogP contribution is 2.15. The van der Waals surface area contributed by atoms with E-state index in [4.69, 9.17) is 16.3 Å². The van der Waals surface area contributed by atoms with E-state index in [1.54, 1.807) is 50.4 Å². The molecule has 0 saturated carbocycles. The Bertz CT molecular complexity index is 725. The van der Waals surface area contributed by atoms with Crippen LogP contribution < -0.4 is 10.3 Å². The number of hydrogen-bond acceptors (Lipinski definition) is 3. The van der Waals surface area contributed by atoms with Crippen molar-refractivity contribution in [1.82, 2.24) is 9.88 Å². The minimum Gasteiger partial charge on any atom is -0.494 e. The number of carbonyl (C=O) groups excluding carboxylic acids is 1. The fourth-order valence-corrected chi connectivity index (χ4v) is 2.20. The molecule has 2 rings (SSSR count). The summed E-state index contributed by atoms with van der Waals surface area (Å²) in [6.45, 7) is 2.75. The highest BCUT2D eigenvalue weighted by molar-refractivity contribution is 6.30. The van der Waals surface area contributed by atoms with Gasteiger partial charge in [-0.1, -0.05) is 11.6 Å². The van der Waals surface area contributed by atoms with Crippen LogP contribution in [0.4, 0.5) is 0 Å². The number of hydrogen-bond donors (Lipinski definition) is 1. The first kappa shape index (κ1) is 17.1. The number of halogens is 1. The molecule has 0 aliphatic heterocycles. The number of aryl methyl sites for hydroxylation is 1. The van der Waals surface area contributed by atoms with E-state index in [2.05, 4.69) is 4.98 Å². The lowest BCUT2D eigenvalue weighted by Gasteiger charge is -2.17. The van der Waals surface area contributed by atoms with E-state index < -0.39 is 0 Å². The summed E-state index contributed by atoms with van der Waals surface area (Å²) in [4.78, 5) is 28.2. The minimum absolute atomic E-state index is 0.150. The zero-order valence-corrected chi connectivity index (χ0v) is 13.9. The SMILES string of the molecule is Cc1ccc(C(=O)N(C)CCCOc2ccc(Cl)cc2)c(=O)[nH]1. The first-order valence-corrected chi connectivity index (χ1v) is 7.69. The average Bonchev–Trinajstić information content (AvgIpc) is 2.52. The third-order valence-corrected chi connectivity index (χ3v) is 3.60. The van der Waals surface area contributed by atoms with Gasteiger partial charge in [0, 0.05) is 24.3 Å². The molecule has 2 aromatic rings. The summed E-state index contributed by atoms with van der Waals surface area (Å²) in [7, 11) is 1.67. The van der Waals surface area contributed by atoms with E-state index in [0.29, 0.717) is 24.6 Å². The van der Waals surface area contributed by atoms with E-state index >= 15 is 0 Å². The molecule has 5 nitrogen and oxygen atoms in total. The van der Waals surface area contributed by atoms with E-state index in [-0.39, 0.29) is 17.0 Å². The average molecular weight is 335 g/mol. The maximum Gasteiger partial charge on any atom is 0.260 e. The van der Waals surface area contributed by atoms with Crippen molar-refractivity contribution in [2.75, 3.05) is 20.2 Å². The van der Waals surface area contributed by atoms with Crippen LogP contribution >= 0.6 is 11.6 Å². The second-order valence-corrected chi connectivity index (χ2v) is 5.70. The standard InChI is InChI=1S/C17H19ClN2O3/c1-12-4-9-15(16(21)19-12)17(22)20(2)10-3-11-23-14-7-5-13(18)6-8-14/h4-9H,3,10-11H2,1-2H3,(H,19,21). The zero-order chi connectivity index (χ0) is 16.8. The van der Waals surface area contributed by atoms with Gasteiger partial charge < -0.3 is 14.6 Å². The van der Waals surface area contributed by atoms with Gasteiger partial charge in [0.05, 0.1) is 6.61 Å². The number of aromatic nitrogens is 1. The molecule has 6 heteroatoms. The molecule has 0 fully saturated rings. The summed E-state index contributed by atoms with van der Waals surface area (Å²) in [5.41, 5.74) is 0.515. The van der Waals surface area contributed by atoms with Crippen molar-refractivity contribution >= 4 is 17.5 Å². The topological polar surface area (TPSA) is 62.4 Å². The Balaban J connectivity index is 1.82. The Labute approximate surface area is 139 Å². The Hall–Kier alpha value is -2.27. The summed E-state index contributed by atoms with van der Waals surface area (Å²) >= 11 is 5.80. The maximum atomic E-state index is 12.2. The molecule has 1 amide bonds. The number of nitrogens with one attached hydrogen (secondary N) is 1. The molecule has 0 unspecified atom stereocenters. The summed E-state index contributed by atoms with van der Waals surface area (Å²) in [6.07, 6.45) is 0.661. The predicted molar refractivity (Wildman–Crippen MR) is 90.3 cm³/mol. The molecule has 23 heavy (non-hydrogen) atoms. The van der Waals surface area contributed by atoms with Gasteiger partial charge in [0.25, 0.3) is 11.5 Å². The molecule has 1 aromatic heterocycles. The number of rotatable bonds is 6. The quantitative estimate of drug-likeness (QED) is 0.826. The second-order valence-electron chi connectivity index (χ2n) is 5.27. The van der Waals surface area contributed by atoms with Crippen molar-refractivity contribution in [2.24, 2.45) is 0 Å². The summed E-state index contributed by atoms with van der Waals surface area (Å²) in [5.74, 6) is 0.441. The van der Waals surface area contributed by atoms with Gasteiger partial charge in [-0.2, -0.15) is 0 Å². The van der Waals surface area contributed by atoms with E-state index in [1.807, 2.05) is 0 Å². The maximum absolute atomic E-state index is 12.2. The smallest absolute Gasteiger partial charge is 0.260 e. The monoisotopic (exact) mass is 334 g/mol. The largest absolute Gasteiger partial charge is 0.494 e. The van der Waals surface area contributed by atoms with Crippen LogP contribution in [0, 0.1) is 6.92 Å². The van der Waals surface area contributed by atoms with Crippen LogP contribution in [0.3, 0.4) is 0 Å². The number of ether oxygens (including phenoxy) is 1. The summed E-state index contributed by atoms with van der Waals surface area (Å²) < 4.78 is 5.57. The number of nitrogens with zero attached hydrogens (tertiary/aromatic N) is 1. The van der Waals surface area contributed by atoms with E-state index in [1.165, 1.54) is 4.90 Å². The Morgan fingerprint density at radius 2 is 1.91 bits per heavy atom. The lowest BCUT2D eigenvalue weighted by Crippen LogP contribution is -2.33. The second kappa shape index (κ2) is 7.83. The molecule has 0 aliphatic carbocycles. The Morgan fingerprint density at radius 3 is 2.57 bits per heavy atom. The van der Waals surface area contributed by atoms with Crippen LogP contribution in [-0.2, 0) is 0 Å². The van der Waals surface area contributed by atoms with Crippen LogP contribution in [-0.4, -0.2) is 36.0 Å². The van der Waals surface area contributed by atoms with Gasteiger partial charge in [-0.05, 0) is 49.7 Å². The molecule has 0 bridgehead atoms. The number of amides is 1. The Kier molecular flexibility index (Phi) is 5.82. The lowest BCUT2D eigenvalue weighted by molar-refractivity contribution is 0.0786. The fourth-order valence-electron chi connectivity index (χ4n) is 2.07. The van der Waals surface area contributed by atoms with E-state index in [0.717, 1.165) is 11.4 Å². The van der Waals surface area contributed by atoms with Crippen molar-refractivity contribution in [3.05, 3.63) is 63.0 Å². The van der Waals surface area contributed by atoms with Gasteiger partial charge in [0.1, 0.15) is 11.3 Å². The number of pyridine rings is 1. The number of benzene rings is 1. The van der Waals surface area contributed by atoms with Crippen molar-refractivity contribution in [2.45, 2.75) is 13.3 Å². The van der Waals surface area contributed by atoms with Gasteiger partial charge in [-0.3, -0.25) is 9.59 Å². The summed E-state index contributed by atoms with van der Waals surface area (Å²) in [6, 6.07) is 10.4. The predicted octanol–water partition coefficient (Wildman–Crippen LogP) is 2.88. The van der Waals surface area contributed by atoms with Crippen LogP contribution in [0.15, 0.2) is 41.2 Å². The van der Waals surface area contributed by atoms with Crippen molar-refractivity contribution in [1.29, 1.82) is 0 Å². The molecule has 1 N–H and O–H groups in total. The van der Waals surface area contributed by atoms with Crippen LogP contribution in [0.1, 0.15) is 22.5 Å². The third kappa shape index (κ3) is 4.86. The van der Waals surface area contributed by atoms with Gasteiger partial charge in [-0.15, -0.1) is 0 Å². The molecule has 0 radical (unpaired) electrons. The molecule has 1 aromatic carbocycles. The molecule has 122 valence electrons. The first-order valence-electron chi connectivity index (χ1n) is 7.31. The zero-order valence-electron chi connectivity index (χ0n) is 13.1. The van der Waals surface area contributed by atoms with Crippen molar-refractivity contribution < 1.29 is 9.53 Å². The third-order valence-electron chi connectivity index (χ3n) is 3.35. The van der Waals surface area contributed by atoms with Gasteiger partial charge in [0.2, 0.25) is 0 Å². The molecular weight excluding hydrogens is 316 g/mol. The van der Waals surface area contributed by atoms with Crippen LogP contribution in [0.2, 0.25) is 5.02 Å². The molecule has 0 saturated heterocycles. The number of aromatic amines is 1. The molecular formula is C17H19ClN2O3. The molecule has 0 spiro atoms. The van der Waals surface area contributed by atoms with Gasteiger partial charge in [-0.25, -0.2) is 0 Å². The van der Waals surface area contributed by atoms with Crippen LogP contribution in [0.5, 0.6) is 5.75 Å². The van der Waals surface area contributed by atoms with Crippen molar-refractivity contribution in [3.8, 4) is 5.75 Å². The van der Waals surface area contributed by atoms with E-state index in [9.17, 15) is 9.59 Å². The minimum atomic E-state index is -0.362. The highest BCUT2D eigenvalue weighted by Gasteiger charge is 2.14. The molecule has 0 aliphatic rings. The lowest BCUT2D eigenvalue weighted by atomic mass is 10.2. The summed E-state index contributed by atoms with van der Waals surface area (Å²) in [5, 5.41) is 0.658. The number of H-pyrrole nitrogens is 1. The van der Waals surface area contributed by atoms with Gasteiger partial charge in [0.15, 0.2) is 0 Å². The highest BCUT2D eigenvalue weighted by atomic mass is 35.5. The van der Waals surface area contributed by atoms with Gasteiger partial charge >= 0.3 is 0 Å². The molecule has 0 atom stereocenters. The normalized spacial score (nSPS) is 10.4. The first-order chi connectivity index (χ1) is 11.0. The van der Waals surface area contributed by atoms with Crippen LogP contribution in [0.25, 0.3) is 0 Å².